The Labute approximate surface area is 250 Å². The molecule has 0 bridgehead atoms. The predicted octanol–water partition coefficient (Wildman–Crippen LogP) is 3.75. The summed E-state index contributed by atoms with van der Waals surface area (Å²) >= 11 is 0. The van der Waals surface area contributed by atoms with Gasteiger partial charge in [0.25, 0.3) is 0 Å². The van der Waals surface area contributed by atoms with Crippen LogP contribution in [-0.4, -0.2) is 81.9 Å². The maximum atomic E-state index is 14.0. The summed E-state index contributed by atoms with van der Waals surface area (Å²) in [4.78, 5) is 38.8. The first-order valence-electron chi connectivity index (χ1n) is 13.4. The molecule has 0 aliphatic carbocycles. The van der Waals surface area contributed by atoms with Gasteiger partial charge in [0.2, 0.25) is 11.8 Å². The second kappa shape index (κ2) is 13.1. The van der Waals surface area contributed by atoms with E-state index < -0.39 is 35.9 Å². The molecule has 1 aliphatic heterocycles. The van der Waals surface area contributed by atoms with Crippen molar-refractivity contribution in [1.82, 2.24) is 30.1 Å². The summed E-state index contributed by atoms with van der Waals surface area (Å²) in [6.45, 7) is 2.65. The Morgan fingerprint density at radius 2 is 1.91 bits per heavy atom. The number of pyridine rings is 2. The molecule has 0 saturated carbocycles. The number of carbonyl (C=O) groups excluding carboxylic acids is 1. The number of hydrogen-bond donors (Lipinski definition) is 3. The molecule has 44 heavy (non-hydrogen) atoms. The molecule has 0 unspecified atom stereocenters. The second-order valence-corrected chi connectivity index (χ2v) is 9.81. The highest BCUT2D eigenvalue weighted by Crippen LogP contribution is 2.33. The van der Waals surface area contributed by atoms with Crippen molar-refractivity contribution in [2.24, 2.45) is 0 Å². The number of halogens is 2. The second-order valence-electron chi connectivity index (χ2n) is 9.81. The van der Waals surface area contributed by atoms with Crippen molar-refractivity contribution < 1.29 is 37.8 Å². The molecule has 4 heterocycles. The molecule has 1 aliphatic rings. The van der Waals surface area contributed by atoms with E-state index in [1.807, 2.05) is 6.07 Å². The average Bonchev–Trinajstić information content (AvgIpc) is 3.57. The van der Waals surface area contributed by atoms with Gasteiger partial charge in [-0.15, -0.1) is 0 Å². The molecule has 15 heteroatoms. The van der Waals surface area contributed by atoms with Crippen LogP contribution in [-0.2, 0) is 9.57 Å². The number of para-hydroxylation sites is 1. The van der Waals surface area contributed by atoms with Crippen LogP contribution in [0.15, 0.2) is 54.9 Å². The van der Waals surface area contributed by atoms with Gasteiger partial charge in [-0.05, 0) is 31.2 Å². The number of hydroxylamine groups is 2. The maximum absolute atomic E-state index is 14.0. The van der Waals surface area contributed by atoms with E-state index in [4.69, 9.17) is 14.3 Å². The van der Waals surface area contributed by atoms with Crippen LogP contribution in [0, 0.1) is 18.7 Å². The molecule has 13 nitrogen and oxygen atoms in total. The highest BCUT2D eigenvalue weighted by Gasteiger charge is 2.37. The lowest BCUT2D eigenvalue weighted by Gasteiger charge is -2.19. The SMILES string of the molecule is COCCN1C[C@@H](NC(=O)Nc2c(C)c(-c3cnc(OC)c(C(=O)O)c3)nn2-c2ccccc2)[C@H](c2cnc(F)c(F)c2)O1. The summed E-state index contributed by atoms with van der Waals surface area (Å²) < 4.78 is 39.3. The van der Waals surface area contributed by atoms with E-state index in [2.05, 4.69) is 25.7 Å². The van der Waals surface area contributed by atoms with Crippen LogP contribution in [0.5, 0.6) is 5.88 Å². The quantitative estimate of drug-likeness (QED) is 0.227. The van der Waals surface area contributed by atoms with E-state index in [-0.39, 0.29) is 23.6 Å². The number of aromatic nitrogens is 4. The molecule has 4 aromatic rings. The van der Waals surface area contributed by atoms with Crippen molar-refractivity contribution in [3.05, 3.63) is 83.3 Å². The third-order valence-corrected chi connectivity index (χ3v) is 6.94. The minimum atomic E-state index is -1.24. The van der Waals surface area contributed by atoms with E-state index in [1.54, 1.807) is 36.3 Å². The lowest BCUT2D eigenvalue weighted by Crippen LogP contribution is -2.42. The van der Waals surface area contributed by atoms with E-state index in [1.165, 1.54) is 31.2 Å². The van der Waals surface area contributed by atoms with Crippen LogP contribution < -0.4 is 15.4 Å². The molecule has 0 spiro atoms. The Hall–Kier alpha value is -4.99. The van der Waals surface area contributed by atoms with Crippen LogP contribution >= 0.6 is 0 Å². The van der Waals surface area contributed by atoms with Crippen LogP contribution in [0.4, 0.5) is 19.4 Å². The Morgan fingerprint density at radius 1 is 1.14 bits per heavy atom. The molecule has 3 N–H and O–H groups in total. The zero-order valence-corrected chi connectivity index (χ0v) is 24.0. The number of aromatic carboxylic acids is 1. The largest absolute Gasteiger partial charge is 0.480 e. The lowest BCUT2D eigenvalue weighted by atomic mass is 10.0. The van der Waals surface area contributed by atoms with Crippen molar-refractivity contribution in [3.8, 4) is 22.8 Å². The van der Waals surface area contributed by atoms with E-state index in [0.29, 0.717) is 41.5 Å². The zero-order chi connectivity index (χ0) is 31.4. The minimum absolute atomic E-state index is 0.0526. The van der Waals surface area contributed by atoms with Crippen molar-refractivity contribution in [3.63, 3.8) is 0 Å². The molecule has 2 amide bonds. The van der Waals surface area contributed by atoms with Gasteiger partial charge in [-0.1, -0.05) is 18.2 Å². The van der Waals surface area contributed by atoms with Crippen molar-refractivity contribution >= 4 is 17.8 Å². The van der Waals surface area contributed by atoms with Crippen LogP contribution in [0.1, 0.15) is 27.6 Å². The van der Waals surface area contributed by atoms with Gasteiger partial charge in [-0.2, -0.15) is 14.6 Å². The Morgan fingerprint density at radius 3 is 2.59 bits per heavy atom. The number of amides is 2. The molecule has 5 rings (SSSR count). The third-order valence-electron chi connectivity index (χ3n) is 6.94. The van der Waals surface area contributed by atoms with Crippen LogP contribution in [0.3, 0.4) is 0 Å². The molecule has 1 saturated heterocycles. The number of carboxylic acids is 1. The predicted molar refractivity (Wildman–Crippen MR) is 152 cm³/mol. The summed E-state index contributed by atoms with van der Waals surface area (Å²) in [5.41, 5.74) is 2.01. The zero-order valence-electron chi connectivity index (χ0n) is 24.0. The number of ether oxygens (including phenoxy) is 2. The monoisotopic (exact) mass is 609 g/mol. The number of anilines is 1. The van der Waals surface area contributed by atoms with Gasteiger partial charge in [0.1, 0.15) is 17.5 Å². The van der Waals surface area contributed by atoms with E-state index >= 15 is 0 Å². The first-order valence-corrected chi connectivity index (χ1v) is 13.4. The van der Waals surface area contributed by atoms with Crippen molar-refractivity contribution in [2.75, 3.05) is 39.2 Å². The average molecular weight is 610 g/mol. The number of methoxy groups -OCH3 is 2. The normalized spacial score (nSPS) is 16.6. The van der Waals surface area contributed by atoms with Crippen LogP contribution in [0.2, 0.25) is 0 Å². The number of benzene rings is 1. The summed E-state index contributed by atoms with van der Waals surface area (Å²) in [5, 5.41) is 21.6. The Bertz CT molecular complexity index is 1670. The smallest absolute Gasteiger partial charge is 0.341 e. The molecule has 3 aromatic heterocycles. The van der Waals surface area contributed by atoms with Crippen molar-refractivity contribution in [1.29, 1.82) is 0 Å². The highest BCUT2D eigenvalue weighted by atomic mass is 19.2. The molecule has 0 radical (unpaired) electrons. The maximum Gasteiger partial charge on any atom is 0.341 e. The highest BCUT2D eigenvalue weighted by molar-refractivity contribution is 5.93. The summed E-state index contributed by atoms with van der Waals surface area (Å²) in [7, 11) is 2.86. The fourth-order valence-electron chi connectivity index (χ4n) is 4.82. The van der Waals surface area contributed by atoms with Gasteiger partial charge in [-0.25, -0.2) is 28.6 Å². The Balaban J connectivity index is 1.46. The summed E-state index contributed by atoms with van der Waals surface area (Å²) in [5.74, 6) is -3.36. The first-order chi connectivity index (χ1) is 21.2. The van der Waals surface area contributed by atoms with Gasteiger partial charge < -0.3 is 19.9 Å². The number of carbonyl (C=O) groups is 2. The number of rotatable bonds is 10. The first kappa shape index (κ1) is 30.5. The molecule has 230 valence electrons. The number of carboxylic acid groups (broad SMARTS) is 1. The fraction of sp³-hybridized carbons (Fsp3) is 0.276. The molecular formula is C29H29F2N7O6. The summed E-state index contributed by atoms with van der Waals surface area (Å²) in [6, 6.07) is 10.1. The Kier molecular flexibility index (Phi) is 9.08. The van der Waals surface area contributed by atoms with Crippen LogP contribution in [0.25, 0.3) is 16.9 Å². The van der Waals surface area contributed by atoms with Gasteiger partial charge >= 0.3 is 12.0 Å². The van der Waals surface area contributed by atoms with Gasteiger partial charge in [0, 0.05) is 49.3 Å². The number of nitrogens with one attached hydrogen (secondary N) is 2. The molecular weight excluding hydrogens is 580 g/mol. The fourth-order valence-corrected chi connectivity index (χ4v) is 4.82. The number of hydrogen-bond acceptors (Lipinski definition) is 9. The summed E-state index contributed by atoms with van der Waals surface area (Å²) in [6.07, 6.45) is 1.73. The molecule has 1 aromatic carbocycles. The molecule has 2 atom stereocenters. The van der Waals surface area contributed by atoms with Gasteiger partial charge in [0.15, 0.2) is 5.82 Å². The third kappa shape index (κ3) is 6.34. The minimum Gasteiger partial charge on any atom is -0.480 e. The lowest BCUT2D eigenvalue weighted by molar-refractivity contribution is -0.154. The van der Waals surface area contributed by atoms with E-state index in [0.717, 1.165) is 12.3 Å². The molecule has 1 fully saturated rings. The van der Waals surface area contributed by atoms with Gasteiger partial charge in [-0.3, -0.25) is 10.2 Å². The van der Waals surface area contributed by atoms with Gasteiger partial charge in [0.05, 0.1) is 31.1 Å². The number of urea groups is 1. The van der Waals surface area contributed by atoms with Crippen molar-refractivity contribution in [2.45, 2.75) is 19.1 Å². The van der Waals surface area contributed by atoms with E-state index in [9.17, 15) is 23.5 Å². The number of nitrogens with zero attached hydrogens (tertiary/aromatic N) is 5. The topological polar surface area (TPSA) is 153 Å². The standard InChI is InChI=1S/C29H29F2N7O6/c1-16-23(17-11-20(28(39)40)27(43-3)33-13-17)36-38(19-7-5-4-6-8-19)26(16)35-29(41)34-22-15-37(9-10-42-2)44-24(22)18-12-21(30)25(31)32-14-18/h4-8,11-14,22,24H,9-10,15H2,1-3H3,(H,39,40)(H2,34,35,41)/t22-,24+/m1/s1.